The Kier molecular flexibility index (Phi) is 4.23. The first kappa shape index (κ1) is 15.5. The minimum absolute atomic E-state index is 0.223. The van der Waals surface area contributed by atoms with E-state index >= 15 is 0 Å². The fourth-order valence-electron chi connectivity index (χ4n) is 2.53. The molecular weight excluding hydrogens is 274 g/mol. The monoisotopic (exact) mass is 297 g/mol. The fourth-order valence-corrected chi connectivity index (χ4v) is 4.41. The van der Waals surface area contributed by atoms with Crippen molar-refractivity contribution in [1.29, 1.82) is 0 Å². The van der Waals surface area contributed by atoms with Gasteiger partial charge in [-0.15, -0.1) is 0 Å². The second-order valence-electron chi connectivity index (χ2n) is 6.38. The summed E-state index contributed by atoms with van der Waals surface area (Å²) in [6.45, 7) is 6.83. The highest BCUT2D eigenvalue weighted by Crippen LogP contribution is 2.31. The minimum atomic E-state index is -3.48. The van der Waals surface area contributed by atoms with E-state index in [9.17, 15) is 13.5 Å². The van der Waals surface area contributed by atoms with Crippen LogP contribution in [0.2, 0.25) is 0 Å². The average Bonchev–Trinajstić information content (AvgIpc) is 2.38. The lowest BCUT2D eigenvalue weighted by atomic mass is 9.87. The molecule has 1 N–H and O–H groups in total. The third kappa shape index (κ3) is 3.05. The van der Waals surface area contributed by atoms with E-state index in [-0.39, 0.29) is 11.5 Å². The van der Waals surface area contributed by atoms with E-state index in [1.807, 2.05) is 32.9 Å². The maximum atomic E-state index is 12.8. The van der Waals surface area contributed by atoms with Crippen molar-refractivity contribution >= 4 is 10.0 Å². The minimum Gasteiger partial charge on any atom is -0.393 e. The molecule has 1 heterocycles. The summed E-state index contributed by atoms with van der Waals surface area (Å²) in [6, 6.07) is 7.20. The molecule has 1 aromatic carbocycles. The quantitative estimate of drug-likeness (QED) is 0.910. The van der Waals surface area contributed by atoms with Gasteiger partial charge in [-0.1, -0.05) is 39.0 Å². The van der Waals surface area contributed by atoms with Gasteiger partial charge in [-0.25, -0.2) is 8.42 Å². The highest BCUT2D eigenvalue weighted by atomic mass is 32.2. The van der Waals surface area contributed by atoms with Crippen LogP contribution in [0.3, 0.4) is 0 Å². The van der Waals surface area contributed by atoms with Crippen LogP contribution in [0.15, 0.2) is 29.2 Å². The normalized spacial score (nSPS) is 19.2. The van der Waals surface area contributed by atoms with Gasteiger partial charge in [-0.2, -0.15) is 4.31 Å². The molecule has 1 saturated heterocycles. The molecule has 4 nitrogen and oxygen atoms in total. The summed E-state index contributed by atoms with van der Waals surface area (Å²) >= 11 is 0. The Morgan fingerprint density at radius 1 is 1.15 bits per heavy atom. The number of aliphatic hydroxyl groups excluding tert-OH is 1. The molecule has 5 heteroatoms. The van der Waals surface area contributed by atoms with Crippen molar-refractivity contribution in [2.24, 2.45) is 0 Å². The van der Waals surface area contributed by atoms with Gasteiger partial charge in [0.1, 0.15) is 0 Å². The number of hydrogen-bond acceptors (Lipinski definition) is 3. The number of hydrogen-bond donors (Lipinski definition) is 1. The first-order valence-electron chi connectivity index (χ1n) is 7.00. The van der Waals surface area contributed by atoms with E-state index in [4.69, 9.17) is 0 Å². The van der Waals surface area contributed by atoms with Crippen LogP contribution < -0.4 is 0 Å². The van der Waals surface area contributed by atoms with Crippen LogP contribution in [0.4, 0.5) is 0 Å². The van der Waals surface area contributed by atoms with Crippen LogP contribution >= 0.6 is 0 Å². The summed E-state index contributed by atoms with van der Waals surface area (Å²) in [4.78, 5) is 0.392. The summed E-state index contributed by atoms with van der Waals surface area (Å²) in [5.41, 5.74) is 0.616. The van der Waals surface area contributed by atoms with Gasteiger partial charge in [0.2, 0.25) is 10.0 Å². The zero-order chi connectivity index (χ0) is 15.0. The number of piperidine rings is 1. The van der Waals surface area contributed by atoms with Crippen molar-refractivity contribution < 1.29 is 13.5 Å². The Morgan fingerprint density at radius 2 is 1.70 bits per heavy atom. The highest BCUT2D eigenvalue weighted by molar-refractivity contribution is 7.89. The predicted molar refractivity (Wildman–Crippen MR) is 79.1 cm³/mol. The number of aliphatic hydroxyl groups is 1. The third-order valence-corrected chi connectivity index (χ3v) is 5.69. The summed E-state index contributed by atoms with van der Waals surface area (Å²) in [7, 11) is -3.48. The largest absolute Gasteiger partial charge is 0.393 e. The Balaban J connectivity index is 2.40. The smallest absolute Gasteiger partial charge is 0.243 e. The lowest BCUT2D eigenvalue weighted by Crippen LogP contribution is -2.40. The van der Waals surface area contributed by atoms with Crippen molar-refractivity contribution in [3.63, 3.8) is 0 Å². The lowest BCUT2D eigenvalue weighted by Gasteiger charge is -2.31. The summed E-state index contributed by atoms with van der Waals surface area (Å²) in [6.07, 6.45) is 0.646. The molecule has 0 amide bonds. The van der Waals surface area contributed by atoms with Crippen LogP contribution in [0.1, 0.15) is 39.2 Å². The van der Waals surface area contributed by atoms with Gasteiger partial charge < -0.3 is 5.11 Å². The van der Waals surface area contributed by atoms with Crippen LogP contribution in [0, 0.1) is 0 Å². The maximum absolute atomic E-state index is 12.8. The fraction of sp³-hybridized carbons (Fsp3) is 0.600. The van der Waals surface area contributed by atoms with Crippen LogP contribution in [0.5, 0.6) is 0 Å². The van der Waals surface area contributed by atoms with E-state index in [1.54, 1.807) is 12.1 Å². The van der Waals surface area contributed by atoms with E-state index in [2.05, 4.69) is 0 Å². The van der Waals surface area contributed by atoms with Gasteiger partial charge >= 0.3 is 0 Å². The Hall–Kier alpha value is -0.910. The molecule has 1 aliphatic rings. The standard InChI is InChI=1S/C15H23NO3S/c1-15(2,3)13-6-4-5-7-14(13)20(18,19)16-10-8-12(17)9-11-16/h4-7,12,17H,8-11H2,1-3H3. The van der Waals surface area contributed by atoms with Gasteiger partial charge in [0, 0.05) is 13.1 Å². The Bertz CT molecular complexity index is 567. The second-order valence-corrected chi connectivity index (χ2v) is 8.29. The molecule has 1 aromatic rings. The van der Waals surface area contributed by atoms with Crippen molar-refractivity contribution in [3.8, 4) is 0 Å². The topological polar surface area (TPSA) is 57.6 Å². The maximum Gasteiger partial charge on any atom is 0.243 e. The number of nitrogens with zero attached hydrogens (tertiary/aromatic N) is 1. The van der Waals surface area contributed by atoms with Gasteiger partial charge in [-0.05, 0) is 29.9 Å². The molecule has 0 bridgehead atoms. The van der Waals surface area contributed by atoms with Crippen molar-refractivity contribution in [3.05, 3.63) is 29.8 Å². The van der Waals surface area contributed by atoms with Crippen LogP contribution in [-0.4, -0.2) is 37.0 Å². The van der Waals surface area contributed by atoms with Crippen molar-refractivity contribution in [2.45, 2.75) is 50.0 Å². The lowest BCUT2D eigenvalue weighted by molar-refractivity contribution is 0.113. The third-order valence-electron chi connectivity index (χ3n) is 3.74. The van der Waals surface area contributed by atoms with Crippen LogP contribution in [-0.2, 0) is 15.4 Å². The molecule has 2 rings (SSSR count). The van der Waals surface area contributed by atoms with Gasteiger partial charge in [0.05, 0.1) is 11.0 Å². The zero-order valence-electron chi connectivity index (χ0n) is 12.3. The summed E-state index contributed by atoms with van der Waals surface area (Å²) < 4.78 is 27.1. The number of rotatable bonds is 2. The van der Waals surface area contributed by atoms with Gasteiger partial charge in [-0.3, -0.25) is 0 Å². The van der Waals surface area contributed by atoms with E-state index in [1.165, 1.54) is 4.31 Å². The van der Waals surface area contributed by atoms with Gasteiger partial charge in [0.25, 0.3) is 0 Å². The molecule has 1 aliphatic heterocycles. The molecular formula is C15H23NO3S. The molecule has 0 spiro atoms. The number of benzene rings is 1. The van der Waals surface area contributed by atoms with E-state index in [0.717, 1.165) is 5.56 Å². The van der Waals surface area contributed by atoms with E-state index in [0.29, 0.717) is 30.8 Å². The molecule has 20 heavy (non-hydrogen) atoms. The molecule has 112 valence electrons. The summed E-state index contributed by atoms with van der Waals surface area (Å²) in [5, 5.41) is 9.53. The molecule has 0 atom stereocenters. The molecule has 0 unspecified atom stereocenters. The summed E-state index contributed by atoms with van der Waals surface area (Å²) in [5.74, 6) is 0. The average molecular weight is 297 g/mol. The Morgan fingerprint density at radius 3 is 2.25 bits per heavy atom. The van der Waals surface area contributed by atoms with Gasteiger partial charge in [0.15, 0.2) is 0 Å². The molecule has 0 saturated carbocycles. The SMILES string of the molecule is CC(C)(C)c1ccccc1S(=O)(=O)N1CCC(O)CC1. The van der Waals surface area contributed by atoms with Crippen LogP contribution in [0.25, 0.3) is 0 Å². The van der Waals surface area contributed by atoms with Crippen molar-refractivity contribution in [2.75, 3.05) is 13.1 Å². The van der Waals surface area contributed by atoms with E-state index < -0.39 is 10.0 Å². The van der Waals surface area contributed by atoms with Crippen molar-refractivity contribution in [1.82, 2.24) is 4.31 Å². The molecule has 1 fully saturated rings. The molecule has 0 aromatic heterocycles. The zero-order valence-corrected chi connectivity index (χ0v) is 13.2. The first-order chi connectivity index (χ1) is 9.23. The highest BCUT2D eigenvalue weighted by Gasteiger charge is 2.32. The molecule has 0 aliphatic carbocycles. The molecule has 0 radical (unpaired) electrons. The predicted octanol–water partition coefficient (Wildman–Crippen LogP) is 2.13. The number of sulfonamides is 1. The second kappa shape index (κ2) is 5.47. The first-order valence-corrected chi connectivity index (χ1v) is 8.44. The Labute approximate surface area is 121 Å².